The number of ether oxygens (including phenoxy) is 2. The number of nitrogens with one attached hydrogen (secondary N) is 1. The van der Waals surface area contributed by atoms with Crippen LogP contribution in [0.3, 0.4) is 0 Å². The summed E-state index contributed by atoms with van der Waals surface area (Å²) < 4.78 is 10.4. The third-order valence-corrected chi connectivity index (χ3v) is 4.16. The minimum atomic E-state index is -0.457. The van der Waals surface area contributed by atoms with Crippen molar-refractivity contribution in [3.63, 3.8) is 0 Å². The first-order chi connectivity index (χ1) is 12.2. The van der Waals surface area contributed by atoms with E-state index in [4.69, 9.17) is 9.47 Å². The lowest BCUT2D eigenvalue weighted by atomic mass is 10.0. The van der Waals surface area contributed by atoms with Gasteiger partial charge in [-0.3, -0.25) is 4.98 Å². The highest BCUT2D eigenvalue weighted by Gasteiger charge is 2.24. The van der Waals surface area contributed by atoms with E-state index in [0.717, 1.165) is 21.8 Å². The molecule has 25 heavy (non-hydrogen) atoms. The average Bonchev–Trinajstić information content (AvgIpc) is 3.07. The van der Waals surface area contributed by atoms with Crippen LogP contribution >= 0.6 is 0 Å². The van der Waals surface area contributed by atoms with Gasteiger partial charge in [0.1, 0.15) is 5.69 Å². The van der Waals surface area contributed by atoms with Gasteiger partial charge in [-0.05, 0) is 24.3 Å². The van der Waals surface area contributed by atoms with Gasteiger partial charge in [0, 0.05) is 39.8 Å². The van der Waals surface area contributed by atoms with Crippen molar-refractivity contribution in [2.24, 2.45) is 0 Å². The second-order valence-corrected chi connectivity index (χ2v) is 5.49. The number of nitrogens with zero attached hydrogens (tertiary/aromatic N) is 2. The van der Waals surface area contributed by atoms with Gasteiger partial charge >= 0.3 is 5.97 Å². The maximum atomic E-state index is 12.4. The van der Waals surface area contributed by atoms with E-state index in [0.29, 0.717) is 22.7 Å². The van der Waals surface area contributed by atoms with Crippen LogP contribution in [0, 0.1) is 0 Å². The van der Waals surface area contributed by atoms with Crippen molar-refractivity contribution in [1.29, 1.82) is 0 Å². The molecule has 0 radical (unpaired) electrons. The molecule has 124 valence electrons. The van der Waals surface area contributed by atoms with E-state index >= 15 is 0 Å². The molecule has 3 heterocycles. The zero-order chi connectivity index (χ0) is 17.4. The van der Waals surface area contributed by atoms with E-state index in [1.165, 1.54) is 7.11 Å². The van der Waals surface area contributed by atoms with Crippen LogP contribution in [-0.4, -0.2) is 35.1 Å². The first-order valence-electron chi connectivity index (χ1n) is 7.71. The molecule has 0 saturated heterocycles. The molecule has 4 rings (SSSR count). The Morgan fingerprint density at radius 1 is 1.04 bits per heavy atom. The van der Waals surface area contributed by atoms with Gasteiger partial charge in [-0.2, -0.15) is 0 Å². The number of benzene rings is 1. The number of carbonyl (C=O) groups excluding carboxylic acids is 1. The van der Waals surface area contributed by atoms with E-state index < -0.39 is 5.97 Å². The van der Waals surface area contributed by atoms with Gasteiger partial charge in [0.05, 0.1) is 19.7 Å². The van der Waals surface area contributed by atoms with Gasteiger partial charge in [-0.1, -0.05) is 12.1 Å². The Kier molecular flexibility index (Phi) is 3.57. The van der Waals surface area contributed by atoms with Crippen molar-refractivity contribution < 1.29 is 14.3 Å². The smallest absolute Gasteiger partial charge is 0.355 e. The lowest BCUT2D eigenvalue weighted by molar-refractivity contribution is 0.0596. The molecule has 0 aliphatic heterocycles. The first kappa shape index (κ1) is 15.1. The first-order valence-corrected chi connectivity index (χ1v) is 7.71. The number of rotatable bonds is 3. The van der Waals surface area contributed by atoms with Crippen LogP contribution < -0.4 is 4.74 Å². The van der Waals surface area contributed by atoms with Crippen LogP contribution in [0.15, 0.2) is 48.8 Å². The van der Waals surface area contributed by atoms with Gasteiger partial charge in [0.25, 0.3) is 0 Å². The number of methoxy groups -OCH3 is 2. The van der Waals surface area contributed by atoms with Crippen molar-refractivity contribution in [3.05, 3.63) is 54.5 Å². The fourth-order valence-corrected chi connectivity index (χ4v) is 3.09. The topological polar surface area (TPSA) is 77.1 Å². The fourth-order valence-electron chi connectivity index (χ4n) is 3.09. The number of fused-ring (bicyclic) bond motifs is 3. The molecule has 0 fully saturated rings. The summed E-state index contributed by atoms with van der Waals surface area (Å²) in [5.41, 5.74) is 3.33. The predicted molar refractivity (Wildman–Crippen MR) is 94.7 cm³/mol. The number of esters is 1. The SMILES string of the molecule is COC(=O)c1[nH]c2ccc3cccnc3c2c1-c1cccnc1OC. The Balaban J connectivity index is 2.19. The van der Waals surface area contributed by atoms with Crippen LogP contribution in [0.1, 0.15) is 10.5 Å². The predicted octanol–water partition coefficient (Wildman–Crippen LogP) is 3.57. The van der Waals surface area contributed by atoms with Gasteiger partial charge in [-0.25, -0.2) is 9.78 Å². The third-order valence-electron chi connectivity index (χ3n) is 4.16. The molecule has 0 unspecified atom stereocenters. The van der Waals surface area contributed by atoms with E-state index in [2.05, 4.69) is 15.0 Å². The van der Waals surface area contributed by atoms with Gasteiger partial charge in [-0.15, -0.1) is 0 Å². The molecule has 0 atom stereocenters. The summed E-state index contributed by atoms with van der Waals surface area (Å²) in [7, 11) is 2.91. The maximum Gasteiger partial charge on any atom is 0.355 e. The molecule has 4 aromatic rings. The molecule has 1 aromatic carbocycles. The number of hydrogen-bond donors (Lipinski definition) is 1. The van der Waals surface area contributed by atoms with Crippen molar-refractivity contribution in [1.82, 2.24) is 15.0 Å². The van der Waals surface area contributed by atoms with E-state index in [1.807, 2.05) is 30.3 Å². The van der Waals surface area contributed by atoms with E-state index in [-0.39, 0.29) is 0 Å². The Hall–Kier alpha value is -3.41. The van der Waals surface area contributed by atoms with Crippen LogP contribution in [-0.2, 0) is 4.74 Å². The second kappa shape index (κ2) is 5.90. The molecular weight excluding hydrogens is 318 g/mol. The summed E-state index contributed by atoms with van der Waals surface area (Å²) in [4.78, 5) is 24.3. The lowest BCUT2D eigenvalue weighted by Gasteiger charge is -2.09. The average molecular weight is 333 g/mol. The molecule has 0 aliphatic rings. The number of aromatic amines is 1. The van der Waals surface area contributed by atoms with Crippen molar-refractivity contribution in [2.75, 3.05) is 14.2 Å². The Bertz CT molecular complexity index is 1100. The van der Waals surface area contributed by atoms with Crippen LogP contribution in [0.4, 0.5) is 0 Å². The lowest BCUT2D eigenvalue weighted by Crippen LogP contribution is -2.04. The number of pyridine rings is 2. The Morgan fingerprint density at radius 3 is 2.64 bits per heavy atom. The van der Waals surface area contributed by atoms with Gasteiger partial charge < -0.3 is 14.5 Å². The minimum Gasteiger partial charge on any atom is -0.481 e. The molecule has 3 aromatic heterocycles. The van der Waals surface area contributed by atoms with E-state index in [1.54, 1.807) is 25.6 Å². The summed E-state index contributed by atoms with van der Waals surface area (Å²) in [6.07, 6.45) is 3.38. The zero-order valence-electron chi connectivity index (χ0n) is 13.7. The van der Waals surface area contributed by atoms with Crippen LogP contribution in [0.2, 0.25) is 0 Å². The number of H-pyrrole nitrogens is 1. The second-order valence-electron chi connectivity index (χ2n) is 5.49. The standard InChI is InChI=1S/C19H15N3O3/c1-24-18-12(6-4-10-21-18)14-15-13(22-17(14)19(23)25-2)8-7-11-5-3-9-20-16(11)15/h3-10,22H,1-2H3. The van der Waals surface area contributed by atoms with Gasteiger partial charge in [0.2, 0.25) is 5.88 Å². The minimum absolute atomic E-state index is 0.349. The van der Waals surface area contributed by atoms with Crippen LogP contribution in [0.5, 0.6) is 5.88 Å². The largest absolute Gasteiger partial charge is 0.481 e. The number of hydrogen-bond acceptors (Lipinski definition) is 5. The summed E-state index contributed by atoms with van der Waals surface area (Å²) in [5.74, 6) is -0.0253. The maximum absolute atomic E-state index is 12.4. The summed E-state index contributed by atoms with van der Waals surface area (Å²) in [5, 5.41) is 1.82. The molecular formula is C19H15N3O3. The van der Waals surface area contributed by atoms with Crippen molar-refractivity contribution in [3.8, 4) is 17.0 Å². The van der Waals surface area contributed by atoms with Crippen molar-refractivity contribution >= 4 is 27.8 Å². The molecule has 6 nitrogen and oxygen atoms in total. The number of carbonyl (C=O) groups is 1. The summed E-state index contributed by atoms with van der Waals surface area (Å²) >= 11 is 0. The molecule has 0 saturated carbocycles. The molecule has 6 heteroatoms. The normalized spacial score (nSPS) is 11.0. The quantitative estimate of drug-likeness (QED) is 0.580. The highest BCUT2D eigenvalue weighted by molar-refractivity contribution is 6.17. The number of aromatic nitrogens is 3. The van der Waals surface area contributed by atoms with E-state index in [9.17, 15) is 4.79 Å². The van der Waals surface area contributed by atoms with Gasteiger partial charge in [0.15, 0.2) is 0 Å². The molecule has 0 amide bonds. The monoisotopic (exact) mass is 333 g/mol. The summed E-state index contributed by atoms with van der Waals surface area (Å²) in [6, 6.07) is 11.4. The third kappa shape index (κ3) is 2.30. The van der Waals surface area contributed by atoms with Crippen LogP contribution in [0.25, 0.3) is 32.9 Å². The molecule has 0 bridgehead atoms. The summed E-state index contributed by atoms with van der Waals surface area (Å²) in [6.45, 7) is 0. The highest BCUT2D eigenvalue weighted by atomic mass is 16.5. The molecule has 0 aliphatic carbocycles. The Labute approximate surface area is 143 Å². The molecule has 0 spiro atoms. The van der Waals surface area contributed by atoms with Crippen molar-refractivity contribution in [2.45, 2.75) is 0 Å². The Morgan fingerprint density at radius 2 is 1.84 bits per heavy atom. The highest BCUT2D eigenvalue weighted by Crippen LogP contribution is 2.39. The zero-order valence-corrected chi connectivity index (χ0v) is 13.7. The fraction of sp³-hybridized carbons (Fsp3) is 0.105. The molecule has 1 N–H and O–H groups in total.